The number of aromatic hydroxyl groups is 1. The van der Waals surface area contributed by atoms with Crippen LogP contribution >= 0.6 is 11.3 Å². The van der Waals surface area contributed by atoms with Gasteiger partial charge in [0.25, 0.3) is 0 Å². The highest BCUT2D eigenvalue weighted by Gasteiger charge is 2.33. The number of aromatic nitrogens is 3. The van der Waals surface area contributed by atoms with Gasteiger partial charge in [-0.05, 0) is 24.6 Å². The van der Waals surface area contributed by atoms with Crippen LogP contribution in [-0.2, 0) is 10.0 Å². The van der Waals surface area contributed by atoms with E-state index in [1.165, 1.54) is 38.5 Å². The third-order valence-electron chi connectivity index (χ3n) is 4.83. The largest absolute Gasteiger partial charge is 0.492 e. The van der Waals surface area contributed by atoms with Crippen LogP contribution in [0.2, 0.25) is 0 Å². The van der Waals surface area contributed by atoms with Crippen LogP contribution in [0.3, 0.4) is 0 Å². The first kappa shape index (κ1) is 19.2. The van der Waals surface area contributed by atoms with Crippen LogP contribution in [0.25, 0.3) is 4.96 Å². The van der Waals surface area contributed by atoms with Crippen molar-refractivity contribution >= 4 is 26.3 Å². The predicted molar refractivity (Wildman–Crippen MR) is 103 cm³/mol. The summed E-state index contributed by atoms with van der Waals surface area (Å²) in [7, 11) is -3.26. The van der Waals surface area contributed by atoms with Gasteiger partial charge >= 0.3 is 0 Å². The SMILES string of the molecule is Cc1nc2sc(C(c3cccc(F)c3)N3CCN(S(C)(=O)=O)CC3)c(O)n2n1. The summed E-state index contributed by atoms with van der Waals surface area (Å²) in [4.78, 5) is 7.52. The number of halogens is 1. The highest BCUT2D eigenvalue weighted by Crippen LogP contribution is 2.40. The van der Waals surface area contributed by atoms with Gasteiger partial charge in [-0.1, -0.05) is 23.5 Å². The molecule has 0 radical (unpaired) electrons. The molecule has 1 saturated heterocycles. The smallest absolute Gasteiger partial charge is 0.230 e. The van der Waals surface area contributed by atoms with Gasteiger partial charge in [-0.25, -0.2) is 17.8 Å². The molecule has 3 aromatic rings. The Balaban J connectivity index is 1.74. The summed E-state index contributed by atoms with van der Waals surface area (Å²) in [6.45, 7) is 3.34. The maximum absolute atomic E-state index is 13.9. The van der Waals surface area contributed by atoms with Crippen molar-refractivity contribution in [1.29, 1.82) is 0 Å². The molecular formula is C17H20FN5O3S2. The van der Waals surface area contributed by atoms with Crippen molar-refractivity contribution in [2.24, 2.45) is 0 Å². The standard InChI is InChI=1S/C17H20FN5O3S2/c1-11-19-17-23(20-11)16(24)15(27-17)14(12-4-3-5-13(18)10-12)21-6-8-22(9-7-21)28(2,25)26/h3-5,10,14,24H,6-9H2,1-2H3. The van der Waals surface area contributed by atoms with E-state index in [-0.39, 0.29) is 11.7 Å². The predicted octanol–water partition coefficient (Wildman–Crippen LogP) is 1.61. The number of aryl methyl sites for hydroxylation is 1. The van der Waals surface area contributed by atoms with Gasteiger partial charge in [-0.3, -0.25) is 4.90 Å². The zero-order valence-corrected chi connectivity index (χ0v) is 17.0. The van der Waals surface area contributed by atoms with Crippen LogP contribution in [0.5, 0.6) is 5.88 Å². The lowest BCUT2D eigenvalue weighted by Gasteiger charge is -2.38. The first-order valence-electron chi connectivity index (χ1n) is 8.73. The van der Waals surface area contributed by atoms with E-state index in [2.05, 4.69) is 10.1 Å². The van der Waals surface area contributed by atoms with E-state index in [4.69, 9.17) is 0 Å². The van der Waals surface area contributed by atoms with Crippen LogP contribution in [0.4, 0.5) is 4.39 Å². The summed E-state index contributed by atoms with van der Waals surface area (Å²) in [5.74, 6) is 0.157. The zero-order valence-electron chi connectivity index (χ0n) is 15.4. The molecule has 11 heteroatoms. The molecule has 28 heavy (non-hydrogen) atoms. The number of sulfonamides is 1. The third-order valence-corrected chi connectivity index (χ3v) is 7.20. The van der Waals surface area contributed by atoms with Crippen molar-refractivity contribution in [2.75, 3.05) is 32.4 Å². The second kappa shape index (κ2) is 7.07. The Hall–Kier alpha value is -2.08. The number of hydrogen-bond donors (Lipinski definition) is 1. The molecule has 3 heterocycles. The summed E-state index contributed by atoms with van der Waals surface area (Å²) in [5.41, 5.74) is 0.685. The number of thiazole rings is 1. The van der Waals surface area contributed by atoms with Gasteiger partial charge in [0.05, 0.1) is 17.2 Å². The normalized spacial score (nSPS) is 18.0. The monoisotopic (exact) mass is 425 g/mol. The average Bonchev–Trinajstić information content (AvgIpc) is 3.13. The molecule has 1 unspecified atom stereocenters. The second-order valence-electron chi connectivity index (χ2n) is 6.80. The zero-order chi connectivity index (χ0) is 20.1. The van der Waals surface area contributed by atoms with E-state index >= 15 is 0 Å². The van der Waals surface area contributed by atoms with Gasteiger partial charge in [0.1, 0.15) is 11.6 Å². The van der Waals surface area contributed by atoms with Crippen molar-refractivity contribution in [3.05, 3.63) is 46.3 Å². The van der Waals surface area contributed by atoms with Crippen molar-refractivity contribution in [2.45, 2.75) is 13.0 Å². The molecule has 1 fully saturated rings. The van der Waals surface area contributed by atoms with E-state index in [1.807, 2.05) is 4.90 Å². The highest BCUT2D eigenvalue weighted by molar-refractivity contribution is 7.88. The van der Waals surface area contributed by atoms with Gasteiger partial charge in [0.15, 0.2) is 0 Å². The van der Waals surface area contributed by atoms with E-state index in [1.54, 1.807) is 19.1 Å². The average molecular weight is 426 g/mol. The summed E-state index contributed by atoms with van der Waals surface area (Å²) in [5, 5.41) is 15.0. The Morgan fingerprint density at radius 3 is 2.57 bits per heavy atom. The van der Waals surface area contributed by atoms with E-state index in [0.717, 1.165) is 0 Å². The molecule has 150 valence electrons. The topological polar surface area (TPSA) is 91.0 Å². The van der Waals surface area contributed by atoms with Crippen LogP contribution in [0.1, 0.15) is 22.3 Å². The molecule has 1 aromatic carbocycles. The Morgan fingerprint density at radius 2 is 1.96 bits per heavy atom. The number of rotatable bonds is 4. The summed E-state index contributed by atoms with van der Waals surface area (Å²) >= 11 is 1.30. The fraction of sp³-hybridized carbons (Fsp3) is 0.412. The molecule has 0 bridgehead atoms. The summed E-state index contributed by atoms with van der Waals surface area (Å²) < 4.78 is 40.4. The van der Waals surface area contributed by atoms with Crippen LogP contribution < -0.4 is 0 Å². The van der Waals surface area contributed by atoms with Crippen molar-refractivity contribution < 1.29 is 17.9 Å². The van der Waals surface area contributed by atoms with Gasteiger partial charge in [-0.15, -0.1) is 5.10 Å². The third kappa shape index (κ3) is 3.50. The summed E-state index contributed by atoms with van der Waals surface area (Å²) in [6, 6.07) is 5.81. The first-order valence-corrected chi connectivity index (χ1v) is 11.4. The van der Waals surface area contributed by atoms with E-state index < -0.39 is 16.1 Å². The minimum Gasteiger partial charge on any atom is -0.492 e. The molecule has 1 aliphatic heterocycles. The van der Waals surface area contributed by atoms with Crippen molar-refractivity contribution in [3.63, 3.8) is 0 Å². The molecule has 4 rings (SSSR count). The Kier molecular flexibility index (Phi) is 4.86. The van der Waals surface area contributed by atoms with Crippen molar-refractivity contribution in [1.82, 2.24) is 23.8 Å². The molecule has 0 aliphatic carbocycles. The maximum Gasteiger partial charge on any atom is 0.230 e. The van der Waals surface area contributed by atoms with Crippen LogP contribution in [0, 0.1) is 12.7 Å². The fourth-order valence-corrected chi connectivity index (χ4v) is 5.51. The fourth-order valence-electron chi connectivity index (χ4n) is 3.52. The number of hydrogen-bond acceptors (Lipinski definition) is 7. The summed E-state index contributed by atoms with van der Waals surface area (Å²) in [6.07, 6.45) is 1.20. The molecule has 1 aliphatic rings. The molecule has 0 saturated carbocycles. The number of piperazine rings is 1. The van der Waals surface area contributed by atoms with E-state index in [0.29, 0.717) is 47.4 Å². The second-order valence-corrected chi connectivity index (χ2v) is 9.79. The molecule has 1 atom stereocenters. The van der Waals surface area contributed by atoms with Crippen molar-refractivity contribution in [3.8, 4) is 5.88 Å². The highest BCUT2D eigenvalue weighted by atomic mass is 32.2. The van der Waals surface area contributed by atoms with Gasteiger partial charge in [0, 0.05) is 26.2 Å². The molecular weight excluding hydrogens is 405 g/mol. The molecule has 0 amide bonds. The molecule has 8 nitrogen and oxygen atoms in total. The van der Waals surface area contributed by atoms with Gasteiger partial charge in [0.2, 0.25) is 20.9 Å². The quantitative estimate of drug-likeness (QED) is 0.683. The van der Waals surface area contributed by atoms with Crippen LogP contribution in [-0.4, -0.2) is 69.8 Å². The van der Waals surface area contributed by atoms with Gasteiger partial charge < -0.3 is 5.11 Å². The van der Waals surface area contributed by atoms with Gasteiger partial charge in [-0.2, -0.15) is 8.82 Å². The Labute approximate surface area is 165 Å². The minimum absolute atomic E-state index is 0.0274. The number of nitrogens with zero attached hydrogens (tertiary/aromatic N) is 5. The molecule has 0 spiro atoms. The van der Waals surface area contributed by atoms with Crippen LogP contribution in [0.15, 0.2) is 24.3 Å². The lowest BCUT2D eigenvalue weighted by Crippen LogP contribution is -2.49. The lowest BCUT2D eigenvalue weighted by molar-refractivity contribution is 0.155. The Bertz CT molecular complexity index is 1120. The first-order chi connectivity index (χ1) is 13.2. The molecule has 2 aromatic heterocycles. The lowest BCUT2D eigenvalue weighted by atomic mass is 10.0. The Morgan fingerprint density at radius 1 is 1.25 bits per heavy atom. The minimum atomic E-state index is -3.26. The molecule has 1 N–H and O–H groups in total. The van der Waals surface area contributed by atoms with E-state index in [9.17, 15) is 17.9 Å². The maximum atomic E-state index is 13.9. The number of fused-ring (bicyclic) bond motifs is 1. The number of benzene rings is 1.